The van der Waals surface area contributed by atoms with E-state index >= 15 is 0 Å². The maximum absolute atomic E-state index is 10.6. The van der Waals surface area contributed by atoms with Crippen molar-refractivity contribution in [2.45, 2.75) is 83.5 Å². The molecule has 5 rings (SSSR count). The lowest BCUT2D eigenvalue weighted by molar-refractivity contribution is -0.467. The minimum absolute atomic E-state index is 0.0281. The first kappa shape index (κ1) is 17.0. The molecule has 0 unspecified atom stereocenters. The number of aliphatic hydroxyl groups excluding tert-OH is 2. The zero-order valence-corrected chi connectivity index (χ0v) is 15.5. The van der Waals surface area contributed by atoms with E-state index in [1.807, 2.05) is 0 Å². The Kier molecular flexibility index (Phi) is 3.59. The Labute approximate surface area is 145 Å². The summed E-state index contributed by atoms with van der Waals surface area (Å²) in [5, 5.41) is 20.7. The molecule has 24 heavy (non-hydrogen) atoms. The minimum Gasteiger partial charge on any atom is -0.396 e. The van der Waals surface area contributed by atoms with Crippen LogP contribution in [-0.2, 0) is 9.78 Å². The monoisotopic (exact) mass is 336 g/mol. The van der Waals surface area contributed by atoms with Crippen LogP contribution >= 0.6 is 0 Å². The van der Waals surface area contributed by atoms with Gasteiger partial charge in [0.2, 0.25) is 0 Å². The molecule has 1 spiro atoms. The largest absolute Gasteiger partial charge is 0.396 e. The van der Waals surface area contributed by atoms with Crippen LogP contribution in [0.25, 0.3) is 0 Å². The summed E-state index contributed by atoms with van der Waals surface area (Å²) in [4.78, 5) is 12.3. The molecule has 1 saturated heterocycles. The van der Waals surface area contributed by atoms with E-state index in [1.165, 1.54) is 5.57 Å². The average molecular weight is 336 g/mol. The van der Waals surface area contributed by atoms with Crippen LogP contribution in [0.15, 0.2) is 11.6 Å². The van der Waals surface area contributed by atoms with Crippen molar-refractivity contribution >= 4 is 0 Å². The van der Waals surface area contributed by atoms with Crippen molar-refractivity contribution in [1.82, 2.24) is 0 Å². The zero-order valence-electron chi connectivity index (χ0n) is 15.5. The highest BCUT2D eigenvalue weighted by Crippen LogP contribution is 2.68. The quantitative estimate of drug-likeness (QED) is 0.599. The van der Waals surface area contributed by atoms with Crippen LogP contribution in [-0.4, -0.2) is 34.1 Å². The minimum atomic E-state index is -0.458. The predicted molar refractivity (Wildman–Crippen MR) is 91.1 cm³/mol. The van der Waals surface area contributed by atoms with Gasteiger partial charge in [-0.1, -0.05) is 27.7 Å². The number of fused-ring (bicyclic) bond motifs is 3. The maximum Gasteiger partial charge on any atom is 0.130 e. The summed E-state index contributed by atoms with van der Waals surface area (Å²) in [6.45, 7) is 8.79. The smallest absolute Gasteiger partial charge is 0.130 e. The molecule has 136 valence electrons. The van der Waals surface area contributed by atoms with Gasteiger partial charge in [0, 0.05) is 10.8 Å². The fraction of sp³-hybridized carbons (Fsp3) is 0.900. The molecule has 2 aliphatic heterocycles. The molecule has 0 aromatic rings. The Morgan fingerprint density at radius 1 is 1.17 bits per heavy atom. The van der Waals surface area contributed by atoms with Crippen LogP contribution in [0.1, 0.15) is 66.2 Å². The van der Waals surface area contributed by atoms with Crippen molar-refractivity contribution in [2.24, 2.45) is 22.7 Å². The molecule has 4 heteroatoms. The predicted octanol–water partition coefficient (Wildman–Crippen LogP) is 3.37. The molecule has 0 amide bonds. The molecule has 5 aliphatic rings. The lowest BCUT2D eigenvalue weighted by Gasteiger charge is -2.67. The van der Waals surface area contributed by atoms with Gasteiger partial charge in [0.15, 0.2) is 0 Å². The maximum atomic E-state index is 10.6. The second-order valence-electron chi connectivity index (χ2n) is 9.50. The topological polar surface area (TPSA) is 58.9 Å². The van der Waals surface area contributed by atoms with Crippen LogP contribution in [0.5, 0.6) is 0 Å². The molecule has 2 saturated carbocycles. The molecule has 2 heterocycles. The van der Waals surface area contributed by atoms with E-state index < -0.39 is 11.5 Å². The second-order valence-corrected chi connectivity index (χ2v) is 9.50. The Balaban J connectivity index is 1.80. The van der Waals surface area contributed by atoms with Gasteiger partial charge in [-0.25, -0.2) is 9.78 Å². The fourth-order valence-corrected chi connectivity index (χ4v) is 6.45. The number of aliphatic hydroxyl groups is 2. The van der Waals surface area contributed by atoms with E-state index in [-0.39, 0.29) is 29.1 Å². The Morgan fingerprint density at radius 3 is 2.50 bits per heavy atom. The van der Waals surface area contributed by atoms with Crippen LogP contribution < -0.4 is 0 Å². The average Bonchev–Trinajstić information content (AvgIpc) is 2.59. The first-order valence-corrected chi connectivity index (χ1v) is 9.62. The van der Waals surface area contributed by atoms with Crippen molar-refractivity contribution < 1.29 is 20.0 Å². The van der Waals surface area contributed by atoms with Gasteiger partial charge in [-0.05, 0) is 62.0 Å². The van der Waals surface area contributed by atoms with Gasteiger partial charge in [-0.15, -0.1) is 0 Å². The third-order valence-corrected chi connectivity index (χ3v) is 8.35. The summed E-state index contributed by atoms with van der Waals surface area (Å²) >= 11 is 0. The lowest BCUT2D eigenvalue weighted by atomic mass is 9.43. The van der Waals surface area contributed by atoms with E-state index in [9.17, 15) is 10.2 Å². The highest BCUT2D eigenvalue weighted by atomic mass is 17.2. The first-order chi connectivity index (χ1) is 11.2. The van der Waals surface area contributed by atoms with Crippen LogP contribution in [0, 0.1) is 22.7 Å². The van der Waals surface area contributed by atoms with Crippen molar-refractivity contribution in [2.75, 3.05) is 6.61 Å². The normalized spacial score (nSPS) is 53.5. The standard InChI is InChI=1S/C20H32O4/c1-13(2)19-9-10-20(24-23-19)14(11-19)5-6-15-17(3,12-21)16(22)7-8-18(15,20)4/h11,13,15-16,21-22H,5-10,12H2,1-4H3/t15-,16-,17+,18-,19-,20+/m0/s1. The van der Waals surface area contributed by atoms with Crippen molar-refractivity contribution in [1.29, 1.82) is 0 Å². The van der Waals surface area contributed by atoms with Crippen molar-refractivity contribution in [3.05, 3.63) is 11.6 Å². The molecule has 3 aliphatic carbocycles. The molecule has 3 fully saturated rings. The summed E-state index contributed by atoms with van der Waals surface area (Å²) in [5.41, 5.74) is 0.208. The van der Waals surface area contributed by atoms with Crippen LogP contribution in [0.3, 0.4) is 0 Å². The molecule has 2 N–H and O–H groups in total. The van der Waals surface area contributed by atoms with E-state index in [0.29, 0.717) is 5.92 Å². The van der Waals surface area contributed by atoms with E-state index in [0.717, 1.165) is 38.5 Å². The van der Waals surface area contributed by atoms with Crippen molar-refractivity contribution in [3.63, 3.8) is 0 Å². The second kappa shape index (κ2) is 5.06. The lowest BCUT2D eigenvalue weighted by Crippen LogP contribution is -2.69. The molecular weight excluding hydrogens is 304 g/mol. The molecule has 4 nitrogen and oxygen atoms in total. The van der Waals surface area contributed by atoms with Gasteiger partial charge in [-0.3, -0.25) is 0 Å². The van der Waals surface area contributed by atoms with Gasteiger partial charge in [-0.2, -0.15) is 0 Å². The Bertz CT molecular complexity index is 560. The zero-order chi connectivity index (χ0) is 17.4. The third-order valence-electron chi connectivity index (χ3n) is 8.35. The highest BCUT2D eigenvalue weighted by Gasteiger charge is 2.69. The summed E-state index contributed by atoms with van der Waals surface area (Å²) in [6, 6.07) is 0. The molecule has 0 aromatic heterocycles. The van der Waals surface area contributed by atoms with Crippen LogP contribution in [0.4, 0.5) is 0 Å². The summed E-state index contributed by atoms with van der Waals surface area (Å²) in [5.74, 6) is 0.633. The molecule has 0 radical (unpaired) electrons. The molecule has 0 aromatic carbocycles. The molecule has 6 atom stereocenters. The number of hydrogen-bond acceptors (Lipinski definition) is 4. The number of rotatable bonds is 2. The number of hydrogen-bond donors (Lipinski definition) is 2. The fourth-order valence-electron chi connectivity index (χ4n) is 6.45. The summed E-state index contributed by atoms with van der Waals surface area (Å²) in [6.07, 6.45) is 7.55. The summed E-state index contributed by atoms with van der Waals surface area (Å²) in [7, 11) is 0. The molecule has 2 bridgehead atoms. The van der Waals surface area contributed by atoms with Gasteiger partial charge in [0.1, 0.15) is 11.2 Å². The Hall–Kier alpha value is -0.420. The van der Waals surface area contributed by atoms with E-state index in [2.05, 4.69) is 33.8 Å². The first-order valence-electron chi connectivity index (χ1n) is 9.62. The molecular formula is C20H32O4. The van der Waals surface area contributed by atoms with Gasteiger partial charge < -0.3 is 10.2 Å². The Morgan fingerprint density at radius 2 is 1.92 bits per heavy atom. The highest BCUT2D eigenvalue weighted by molar-refractivity contribution is 5.36. The van der Waals surface area contributed by atoms with E-state index in [1.54, 1.807) is 0 Å². The summed E-state index contributed by atoms with van der Waals surface area (Å²) < 4.78 is 0. The SMILES string of the molecule is CC(C)[C@@]12C=C3CC[C@H]4[C@@](C)(CO)[C@@H](O)CC[C@]4(C)[C@]3(CC1)OO2. The van der Waals surface area contributed by atoms with E-state index in [4.69, 9.17) is 9.78 Å². The van der Waals surface area contributed by atoms with Crippen molar-refractivity contribution in [3.8, 4) is 0 Å². The third kappa shape index (κ3) is 1.78. The van der Waals surface area contributed by atoms with Gasteiger partial charge >= 0.3 is 0 Å². The van der Waals surface area contributed by atoms with Gasteiger partial charge in [0.05, 0.1) is 12.7 Å². The van der Waals surface area contributed by atoms with Crippen LogP contribution in [0.2, 0.25) is 0 Å². The van der Waals surface area contributed by atoms with Gasteiger partial charge in [0.25, 0.3) is 0 Å².